The first-order valence-electron chi connectivity index (χ1n) is 3.45. The first-order chi connectivity index (χ1) is 4.70. The van der Waals surface area contributed by atoms with Gasteiger partial charge in [0.05, 0.1) is 6.10 Å². The lowest BCUT2D eigenvalue weighted by atomic mass is 9.73. The van der Waals surface area contributed by atoms with Crippen molar-refractivity contribution >= 4 is 7.12 Å². The van der Waals surface area contributed by atoms with Crippen LogP contribution in [0, 0.1) is 0 Å². The SMILES string of the molecule is OB(O)C1=CC(O)CCC1. The van der Waals surface area contributed by atoms with Crippen molar-refractivity contribution < 1.29 is 15.2 Å². The van der Waals surface area contributed by atoms with E-state index in [0.29, 0.717) is 11.9 Å². The van der Waals surface area contributed by atoms with Gasteiger partial charge < -0.3 is 15.2 Å². The summed E-state index contributed by atoms with van der Waals surface area (Å²) >= 11 is 0. The van der Waals surface area contributed by atoms with Gasteiger partial charge in [0.2, 0.25) is 0 Å². The summed E-state index contributed by atoms with van der Waals surface area (Å²) in [6.45, 7) is 0. The van der Waals surface area contributed by atoms with Gasteiger partial charge in [-0.2, -0.15) is 0 Å². The molecule has 10 heavy (non-hydrogen) atoms. The van der Waals surface area contributed by atoms with Crippen LogP contribution in [-0.4, -0.2) is 28.4 Å². The molecule has 0 saturated heterocycles. The number of rotatable bonds is 1. The molecule has 4 heteroatoms. The van der Waals surface area contributed by atoms with E-state index in [1.165, 1.54) is 6.08 Å². The van der Waals surface area contributed by atoms with E-state index in [9.17, 15) is 0 Å². The summed E-state index contributed by atoms with van der Waals surface area (Å²) in [4.78, 5) is 0. The van der Waals surface area contributed by atoms with Crippen molar-refractivity contribution in [2.24, 2.45) is 0 Å². The lowest BCUT2D eigenvalue weighted by Crippen LogP contribution is -2.21. The van der Waals surface area contributed by atoms with Crippen LogP contribution >= 0.6 is 0 Å². The van der Waals surface area contributed by atoms with Crippen molar-refractivity contribution in [2.45, 2.75) is 25.4 Å². The summed E-state index contributed by atoms with van der Waals surface area (Å²) in [5.41, 5.74) is 0.541. The van der Waals surface area contributed by atoms with Gasteiger partial charge in [-0.25, -0.2) is 0 Å². The highest BCUT2D eigenvalue weighted by Gasteiger charge is 2.19. The van der Waals surface area contributed by atoms with Crippen molar-refractivity contribution in [3.8, 4) is 0 Å². The molecular weight excluding hydrogens is 131 g/mol. The molecule has 1 aliphatic carbocycles. The molecule has 0 spiro atoms. The van der Waals surface area contributed by atoms with E-state index in [2.05, 4.69) is 0 Å². The van der Waals surface area contributed by atoms with Gasteiger partial charge in [-0.3, -0.25) is 0 Å². The average Bonchev–Trinajstić information content (AvgIpc) is 1.88. The Morgan fingerprint density at radius 2 is 2.20 bits per heavy atom. The number of hydrogen-bond donors (Lipinski definition) is 3. The van der Waals surface area contributed by atoms with E-state index in [1.54, 1.807) is 0 Å². The van der Waals surface area contributed by atoms with Crippen molar-refractivity contribution in [3.63, 3.8) is 0 Å². The van der Waals surface area contributed by atoms with Crippen LogP contribution in [0.2, 0.25) is 0 Å². The summed E-state index contributed by atoms with van der Waals surface area (Å²) in [5.74, 6) is 0. The van der Waals surface area contributed by atoms with Gasteiger partial charge in [-0.15, -0.1) is 0 Å². The van der Waals surface area contributed by atoms with E-state index in [-0.39, 0.29) is 0 Å². The summed E-state index contributed by atoms with van der Waals surface area (Å²) < 4.78 is 0. The third-order valence-electron chi connectivity index (χ3n) is 1.70. The predicted octanol–water partition coefficient (Wildman–Crippen LogP) is -0.530. The van der Waals surface area contributed by atoms with Gasteiger partial charge in [0, 0.05) is 0 Å². The van der Waals surface area contributed by atoms with Gasteiger partial charge >= 0.3 is 7.12 Å². The first kappa shape index (κ1) is 7.79. The minimum atomic E-state index is -1.38. The molecule has 0 aliphatic heterocycles. The third-order valence-corrected chi connectivity index (χ3v) is 1.70. The van der Waals surface area contributed by atoms with Gasteiger partial charge in [0.15, 0.2) is 0 Å². The number of aliphatic hydroxyl groups excluding tert-OH is 1. The maximum atomic E-state index is 9.03. The molecule has 0 amide bonds. The quantitative estimate of drug-likeness (QED) is 0.431. The number of aliphatic hydroxyl groups is 1. The standard InChI is InChI=1S/C6H11BO3/c8-6-3-1-2-5(4-6)7(9)10/h4,6,8-10H,1-3H2. The number of allylic oxidation sites excluding steroid dienone is 1. The zero-order valence-electron chi connectivity index (χ0n) is 5.70. The smallest absolute Gasteiger partial charge is 0.423 e. The normalized spacial score (nSPS) is 25.9. The summed E-state index contributed by atoms with van der Waals surface area (Å²) in [5, 5.41) is 26.4. The molecule has 0 radical (unpaired) electrons. The summed E-state index contributed by atoms with van der Waals surface area (Å²) in [6.07, 6.45) is 3.30. The van der Waals surface area contributed by atoms with E-state index < -0.39 is 13.2 Å². The Kier molecular flexibility index (Phi) is 2.48. The van der Waals surface area contributed by atoms with Gasteiger partial charge in [-0.05, 0) is 24.7 Å². The van der Waals surface area contributed by atoms with Crippen molar-refractivity contribution in [1.82, 2.24) is 0 Å². The molecule has 3 N–H and O–H groups in total. The Morgan fingerprint density at radius 3 is 2.60 bits per heavy atom. The minimum absolute atomic E-state index is 0.481. The molecule has 0 fully saturated rings. The van der Waals surface area contributed by atoms with E-state index >= 15 is 0 Å². The van der Waals surface area contributed by atoms with Gasteiger partial charge in [0.25, 0.3) is 0 Å². The van der Waals surface area contributed by atoms with Crippen molar-refractivity contribution in [1.29, 1.82) is 0 Å². The van der Waals surface area contributed by atoms with Gasteiger partial charge in [0.1, 0.15) is 0 Å². The fourth-order valence-corrected chi connectivity index (χ4v) is 1.14. The molecule has 0 bridgehead atoms. The second kappa shape index (κ2) is 3.19. The highest BCUT2D eigenvalue weighted by Crippen LogP contribution is 2.17. The predicted molar refractivity (Wildman–Crippen MR) is 38.1 cm³/mol. The molecule has 0 heterocycles. The highest BCUT2D eigenvalue weighted by molar-refractivity contribution is 6.50. The largest absolute Gasteiger partial charge is 0.483 e. The second-order valence-corrected chi connectivity index (χ2v) is 2.57. The lowest BCUT2D eigenvalue weighted by molar-refractivity contribution is 0.202. The van der Waals surface area contributed by atoms with Crippen LogP contribution in [0.4, 0.5) is 0 Å². The fraction of sp³-hybridized carbons (Fsp3) is 0.667. The monoisotopic (exact) mass is 142 g/mol. The molecule has 3 nitrogen and oxygen atoms in total. The van der Waals surface area contributed by atoms with Crippen LogP contribution in [0.3, 0.4) is 0 Å². The molecule has 56 valence electrons. The van der Waals surface area contributed by atoms with E-state index in [4.69, 9.17) is 15.2 Å². The summed E-state index contributed by atoms with van der Waals surface area (Å²) in [6, 6.07) is 0. The molecule has 0 saturated carbocycles. The Hall–Kier alpha value is -0.315. The number of hydrogen-bond acceptors (Lipinski definition) is 3. The second-order valence-electron chi connectivity index (χ2n) is 2.57. The lowest BCUT2D eigenvalue weighted by Gasteiger charge is -2.15. The molecular formula is C6H11BO3. The fourth-order valence-electron chi connectivity index (χ4n) is 1.14. The minimum Gasteiger partial charge on any atom is -0.423 e. The zero-order valence-corrected chi connectivity index (χ0v) is 5.70. The third kappa shape index (κ3) is 1.83. The van der Waals surface area contributed by atoms with Crippen LogP contribution in [0.5, 0.6) is 0 Å². The Balaban J connectivity index is 2.57. The molecule has 1 rings (SSSR count). The topological polar surface area (TPSA) is 60.7 Å². The van der Waals surface area contributed by atoms with Gasteiger partial charge in [-0.1, -0.05) is 6.08 Å². The van der Waals surface area contributed by atoms with Crippen LogP contribution in [0.1, 0.15) is 19.3 Å². The van der Waals surface area contributed by atoms with Crippen molar-refractivity contribution in [3.05, 3.63) is 11.5 Å². The Labute approximate surface area is 60.1 Å². The van der Waals surface area contributed by atoms with Crippen molar-refractivity contribution in [2.75, 3.05) is 0 Å². The molecule has 1 atom stereocenters. The highest BCUT2D eigenvalue weighted by atomic mass is 16.4. The molecule has 0 aromatic rings. The zero-order chi connectivity index (χ0) is 7.56. The van der Waals surface area contributed by atoms with Crippen LogP contribution in [-0.2, 0) is 0 Å². The maximum Gasteiger partial charge on any atom is 0.483 e. The first-order valence-corrected chi connectivity index (χ1v) is 3.45. The van der Waals surface area contributed by atoms with E-state index in [1.807, 2.05) is 0 Å². The van der Waals surface area contributed by atoms with Crippen LogP contribution < -0.4 is 0 Å². The molecule has 0 aromatic carbocycles. The summed E-state index contributed by atoms with van der Waals surface area (Å²) in [7, 11) is -1.38. The Bertz CT molecular complexity index is 144. The maximum absolute atomic E-state index is 9.03. The van der Waals surface area contributed by atoms with Crippen LogP contribution in [0.25, 0.3) is 0 Å². The van der Waals surface area contributed by atoms with Crippen LogP contribution in [0.15, 0.2) is 11.5 Å². The van der Waals surface area contributed by atoms with E-state index in [0.717, 1.165) is 12.8 Å². The Morgan fingerprint density at radius 1 is 1.50 bits per heavy atom. The molecule has 1 unspecified atom stereocenters. The molecule has 1 aliphatic rings. The average molecular weight is 142 g/mol. The molecule has 0 aromatic heterocycles.